The molecule has 1 aliphatic heterocycles. The van der Waals surface area contributed by atoms with Gasteiger partial charge in [0.1, 0.15) is 11.4 Å². The lowest BCUT2D eigenvalue weighted by Crippen LogP contribution is -2.19. The van der Waals surface area contributed by atoms with Gasteiger partial charge in [-0.1, -0.05) is 19.9 Å². The van der Waals surface area contributed by atoms with Gasteiger partial charge in [0.2, 0.25) is 17.7 Å². The Kier molecular flexibility index (Phi) is 4.46. The number of hydrogen-bond donors (Lipinski definition) is 2. The number of benzene rings is 1. The molecule has 24 heavy (non-hydrogen) atoms. The summed E-state index contributed by atoms with van der Waals surface area (Å²) in [4.78, 5) is 27.6. The molecule has 0 saturated heterocycles. The Labute approximate surface area is 140 Å². The molecule has 2 heterocycles. The first-order valence-electron chi connectivity index (χ1n) is 7.89. The van der Waals surface area contributed by atoms with E-state index in [-0.39, 0.29) is 17.7 Å². The number of aryl methyl sites for hydroxylation is 1. The second-order valence-electron chi connectivity index (χ2n) is 5.97. The van der Waals surface area contributed by atoms with Gasteiger partial charge in [0.05, 0.1) is 0 Å². The predicted octanol–water partition coefficient (Wildman–Crippen LogP) is 3.35. The Morgan fingerprint density at radius 3 is 2.92 bits per heavy atom. The number of aromatic nitrogens is 1. The van der Waals surface area contributed by atoms with E-state index in [4.69, 9.17) is 4.74 Å². The quantitative estimate of drug-likeness (QED) is 0.903. The normalized spacial score (nSPS) is 13.2. The summed E-state index contributed by atoms with van der Waals surface area (Å²) in [6.45, 7) is 3.64. The average Bonchev–Trinajstić information content (AvgIpc) is 2.56. The van der Waals surface area contributed by atoms with Crippen molar-refractivity contribution in [1.82, 2.24) is 4.98 Å². The topological polar surface area (TPSA) is 80.3 Å². The third kappa shape index (κ3) is 3.53. The van der Waals surface area contributed by atoms with E-state index in [1.807, 2.05) is 26.0 Å². The minimum atomic E-state index is -0.142. The van der Waals surface area contributed by atoms with Crippen LogP contribution in [0.25, 0.3) is 0 Å². The van der Waals surface area contributed by atoms with Gasteiger partial charge in [-0.2, -0.15) is 0 Å². The van der Waals surface area contributed by atoms with E-state index < -0.39 is 0 Å². The fraction of sp³-hybridized carbons (Fsp3) is 0.278. The number of fused-ring (bicyclic) bond motifs is 1. The van der Waals surface area contributed by atoms with Crippen LogP contribution < -0.4 is 15.4 Å². The van der Waals surface area contributed by atoms with Crippen molar-refractivity contribution in [3.8, 4) is 11.6 Å². The van der Waals surface area contributed by atoms with Crippen LogP contribution in [0.3, 0.4) is 0 Å². The number of nitrogens with one attached hydrogen (secondary N) is 2. The molecule has 0 bridgehead atoms. The van der Waals surface area contributed by atoms with Gasteiger partial charge in [-0.3, -0.25) is 9.59 Å². The maximum atomic E-state index is 11.9. The zero-order valence-electron chi connectivity index (χ0n) is 13.6. The molecular formula is C18H19N3O3. The van der Waals surface area contributed by atoms with Gasteiger partial charge in [0, 0.05) is 30.3 Å². The van der Waals surface area contributed by atoms with Crippen LogP contribution in [-0.2, 0) is 16.0 Å². The molecule has 1 aromatic heterocycles. The largest absolute Gasteiger partial charge is 0.437 e. The Hall–Kier alpha value is -2.89. The van der Waals surface area contributed by atoms with Crippen molar-refractivity contribution >= 4 is 23.2 Å². The van der Waals surface area contributed by atoms with Crippen LogP contribution in [0.5, 0.6) is 11.6 Å². The minimum absolute atomic E-state index is 0.00220. The van der Waals surface area contributed by atoms with Crippen LogP contribution in [0.15, 0.2) is 36.5 Å². The minimum Gasteiger partial charge on any atom is -0.437 e. The summed E-state index contributed by atoms with van der Waals surface area (Å²) in [5.74, 6) is 0.619. The molecule has 0 atom stereocenters. The van der Waals surface area contributed by atoms with E-state index in [9.17, 15) is 9.59 Å². The molecule has 1 aromatic carbocycles. The molecule has 2 aromatic rings. The molecule has 3 rings (SSSR count). The molecule has 0 spiro atoms. The summed E-state index contributed by atoms with van der Waals surface area (Å²) in [7, 11) is 0. The van der Waals surface area contributed by atoms with Gasteiger partial charge in [-0.05, 0) is 30.2 Å². The molecule has 2 N–H and O–H groups in total. The van der Waals surface area contributed by atoms with E-state index in [2.05, 4.69) is 15.6 Å². The fourth-order valence-corrected chi connectivity index (χ4v) is 2.37. The number of carbonyl (C=O) groups is 2. The van der Waals surface area contributed by atoms with Crippen molar-refractivity contribution in [3.05, 3.63) is 42.1 Å². The third-order valence-corrected chi connectivity index (χ3v) is 3.74. The monoisotopic (exact) mass is 325 g/mol. The molecule has 6 heteroatoms. The van der Waals surface area contributed by atoms with Gasteiger partial charge < -0.3 is 15.4 Å². The molecule has 0 fully saturated rings. The van der Waals surface area contributed by atoms with Gasteiger partial charge >= 0.3 is 0 Å². The lowest BCUT2D eigenvalue weighted by atomic mass is 10.0. The first-order chi connectivity index (χ1) is 11.5. The smallest absolute Gasteiger partial charge is 0.243 e. The number of nitrogens with zero attached hydrogens (tertiary/aromatic N) is 1. The van der Waals surface area contributed by atoms with E-state index >= 15 is 0 Å². The first kappa shape index (κ1) is 16.0. The standard InChI is InChI=1S/C18H19N3O3/c1-11(2)17(23)21-14-4-3-9-19-18(14)24-13-7-5-12-6-8-16(22)20-15(12)10-13/h3-5,7,9-11H,6,8H2,1-2H3,(H,20,22)(H,21,23). The second kappa shape index (κ2) is 6.70. The van der Waals surface area contributed by atoms with E-state index in [1.54, 1.807) is 24.4 Å². The molecule has 6 nitrogen and oxygen atoms in total. The van der Waals surface area contributed by atoms with Crippen molar-refractivity contribution in [1.29, 1.82) is 0 Å². The van der Waals surface area contributed by atoms with Gasteiger partial charge in [-0.15, -0.1) is 0 Å². The Morgan fingerprint density at radius 1 is 1.29 bits per heavy atom. The summed E-state index contributed by atoms with van der Waals surface area (Å²) in [6, 6.07) is 9.01. The van der Waals surface area contributed by atoms with Crippen molar-refractivity contribution in [2.75, 3.05) is 10.6 Å². The number of pyridine rings is 1. The predicted molar refractivity (Wildman–Crippen MR) is 91.2 cm³/mol. The summed E-state index contributed by atoms with van der Waals surface area (Å²) >= 11 is 0. The highest BCUT2D eigenvalue weighted by atomic mass is 16.5. The zero-order chi connectivity index (χ0) is 17.1. The van der Waals surface area contributed by atoms with E-state index in [1.165, 1.54) is 0 Å². The lowest BCUT2D eigenvalue weighted by Gasteiger charge is -2.18. The fourth-order valence-electron chi connectivity index (χ4n) is 2.37. The maximum absolute atomic E-state index is 11.9. The van der Waals surface area contributed by atoms with Gasteiger partial charge in [0.15, 0.2) is 0 Å². The van der Waals surface area contributed by atoms with Gasteiger partial charge in [-0.25, -0.2) is 4.98 Å². The second-order valence-corrected chi connectivity index (χ2v) is 5.97. The molecule has 2 amide bonds. The summed E-state index contributed by atoms with van der Waals surface area (Å²) in [6.07, 6.45) is 2.82. The maximum Gasteiger partial charge on any atom is 0.243 e. The van der Waals surface area contributed by atoms with Crippen LogP contribution in [0.1, 0.15) is 25.8 Å². The first-order valence-corrected chi connectivity index (χ1v) is 7.89. The van der Waals surface area contributed by atoms with Crippen molar-refractivity contribution < 1.29 is 14.3 Å². The van der Waals surface area contributed by atoms with Crippen molar-refractivity contribution in [3.63, 3.8) is 0 Å². The number of anilines is 2. The van der Waals surface area contributed by atoms with Crippen LogP contribution >= 0.6 is 0 Å². The third-order valence-electron chi connectivity index (χ3n) is 3.74. The molecule has 0 radical (unpaired) electrons. The summed E-state index contributed by atoms with van der Waals surface area (Å²) < 4.78 is 5.81. The molecular weight excluding hydrogens is 306 g/mol. The molecule has 0 unspecified atom stereocenters. The number of rotatable bonds is 4. The number of amides is 2. The van der Waals surface area contributed by atoms with E-state index in [0.29, 0.717) is 23.7 Å². The highest BCUT2D eigenvalue weighted by Gasteiger charge is 2.16. The van der Waals surface area contributed by atoms with Crippen molar-refractivity contribution in [2.45, 2.75) is 26.7 Å². The molecule has 124 valence electrons. The van der Waals surface area contributed by atoms with Crippen LogP contribution in [-0.4, -0.2) is 16.8 Å². The summed E-state index contributed by atoms with van der Waals surface area (Å²) in [5.41, 5.74) is 2.35. The van der Waals surface area contributed by atoms with Crippen molar-refractivity contribution in [2.24, 2.45) is 5.92 Å². The number of hydrogen-bond acceptors (Lipinski definition) is 4. The summed E-state index contributed by atoms with van der Waals surface area (Å²) in [5, 5.41) is 5.64. The lowest BCUT2D eigenvalue weighted by molar-refractivity contribution is -0.119. The Balaban J connectivity index is 1.83. The highest BCUT2D eigenvalue weighted by molar-refractivity contribution is 5.94. The number of ether oxygens (including phenoxy) is 1. The van der Waals surface area contributed by atoms with E-state index in [0.717, 1.165) is 17.7 Å². The highest BCUT2D eigenvalue weighted by Crippen LogP contribution is 2.32. The number of carbonyl (C=O) groups excluding carboxylic acids is 2. The van der Waals surface area contributed by atoms with Crippen LogP contribution in [0, 0.1) is 5.92 Å². The Bertz CT molecular complexity index is 787. The average molecular weight is 325 g/mol. The molecule has 0 saturated carbocycles. The molecule has 0 aliphatic carbocycles. The Morgan fingerprint density at radius 2 is 2.12 bits per heavy atom. The van der Waals surface area contributed by atoms with Gasteiger partial charge in [0.25, 0.3) is 0 Å². The SMILES string of the molecule is CC(C)C(=O)Nc1cccnc1Oc1ccc2c(c1)NC(=O)CC2. The van der Waals surface area contributed by atoms with Crippen LogP contribution in [0.2, 0.25) is 0 Å². The van der Waals surface area contributed by atoms with Crippen LogP contribution in [0.4, 0.5) is 11.4 Å². The molecule has 1 aliphatic rings. The zero-order valence-corrected chi connectivity index (χ0v) is 13.6.